The predicted octanol–water partition coefficient (Wildman–Crippen LogP) is 6.34. The number of hydrogen-bond donors (Lipinski definition) is 0. The Morgan fingerprint density at radius 2 is 1.59 bits per heavy atom. The van der Waals surface area contributed by atoms with E-state index >= 15 is 0 Å². The first-order valence-electron chi connectivity index (χ1n) is 9.40. The molecule has 0 saturated heterocycles. The molecule has 134 valence electrons. The number of hydrogen-bond acceptors (Lipinski definition) is 4. The summed E-state index contributed by atoms with van der Waals surface area (Å²) in [6, 6.07) is 18.6. The van der Waals surface area contributed by atoms with Crippen molar-refractivity contribution in [1.82, 2.24) is 9.97 Å². The van der Waals surface area contributed by atoms with Crippen LogP contribution in [-0.2, 0) is 12.8 Å². The van der Waals surface area contributed by atoms with E-state index in [0.29, 0.717) is 5.88 Å². The molecule has 0 fully saturated rings. The minimum Gasteiger partial charge on any atom is -0.438 e. The van der Waals surface area contributed by atoms with Gasteiger partial charge in [0.15, 0.2) is 0 Å². The number of aryl methyl sites for hydroxylation is 3. The first-order valence-corrected chi connectivity index (χ1v) is 10.2. The second kappa shape index (κ2) is 6.78. The molecule has 5 rings (SSSR count). The standard InChI is InChI=1S/C23H20N2OS/c1-15-24-22(21-19-9-5-6-10-20(19)27-23(21)25-15)26-18-13-11-17(12-14-18)16-7-3-2-4-8-16/h2-4,7-8,11-14H,5-6,9-10H2,1H3. The number of benzene rings is 2. The van der Waals surface area contributed by atoms with Crippen molar-refractivity contribution in [2.24, 2.45) is 0 Å². The molecule has 2 aromatic heterocycles. The normalized spacial score (nSPS) is 13.5. The quantitative estimate of drug-likeness (QED) is 0.421. The molecular weight excluding hydrogens is 352 g/mol. The predicted molar refractivity (Wildman–Crippen MR) is 111 cm³/mol. The Morgan fingerprint density at radius 1 is 0.852 bits per heavy atom. The van der Waals surface area contributed by atoms with E-state index in [2.05, 4.69) is 46.4 Å². The van der Waals surface area contributed by atoms with Crippen molar-refractivity contribution in [3.8, 4) is 22.8 Å². The molecule has 0 radical (unpaired) electrons. The van der Waals surface area contributed by atoms with Crippen LogP contribution >= 0.6 is 11.3 Å². The van der Waals surface area contributed by atoms with Crippen LogP contribution < -0.4 is 4.74 Å². The van der Waals surface area contributed by atoms with Gasteiger partial charge in [0.25, 0.3) is 0 Å². The fourth-order valence-corrected chi connectivity index (χ4v) is 5.05. The monoisotopic (exact) mass is 372 g/mol. The molecule has 1 aliphatic carbocycles. The number of thiophene rings is 1. The Bertz CT molecular complexity index is 1100. The number of ether oxygens (including phenoxy) is 1. The van der Waals surface area contributed by atoms with Crippen LogP contribution in [0.1, 0.15) is 29.1 Å². The molecule has 0 bridgehead atoms. The number of nitrogens with zero attached hydrogens (tertiary/aromatic N) is 2. The highest BCUT2D eigenvalue weighted by molar-refractivity contribution is 7.18. The van der Waals surface area contributed by atoms with Crippen molar-refractivity contribution in [1.29, 1.82) is 0 Å². The molecule has 0 saturated carbocycles. The highest BCUT2D eigenvalue weighted by atomic mass is 32.1. The molecule has 4 aromatic rings. The lowest BCUT2D eigenvalue weighted by Gasteiger charge is -2.12. The summed E-state index contributed by atoms with van der Waals surface area (Å²) in [5, 5.41) is 1.12. The zero-order valence-electron chi connectivity index (χ0n) is 15.2. The van der Waals surface area contributed by atoms with Gasteiger partial charge >= 0.3 is 0 Å². The number of rotatable bonds is 3. The molecule has 27 heavy (non-hydrogen) atoms. The molecule has 0 amide bonds. The molecule has 0 N–H and O–H groups in total. The minimum absolute atomic E-state index is 0.698. The molecule has 4 heteroatoms. The molecule has 2 heterocycles. The van der Waals surface area contributed by atoms with Crippen molar-refractivity contribution in [3.05, 3.63) is 70.9 Å². The summed E-state index contributed by atoms with van der Waals surface area (Å²) in [6.45, 7) is 1.93. The van der Waals surface area contributed by atoms with Crippen LogP contribution in [0.4, 0.5) is 0 Å². The lowest BCUT2D eigenvalue weighted by molar-refractivity contribution is 0.466. The van der Waals surface area contributed by atoms with Gasteiger partial charge in [0.1, 0.15) is 16.4 Å². The van der Waals surface area contributed by atoms with Crippen molar-refractivity contribution in [2.45, 2.75) is 32.6 Å². The summed E-state index contributed by atoms with van der Waals surface area (Å²) in [6.07, 6.45) is 4.76. The fourth-order valence-electron chi connectivity index (χ4n) is 3.76. The first-order chi connectivity index (χ1) is 13.3. The van der Waals surface area contributed by atoms with E-state index in [4.69, 9.17) is 4.74 Å². The minimum atomic E-state index is 0.698. The Morgan fingerprint density at radius 3 is 2.41 bits per heavy atom. The van der Waals surface area contributed by atoms with Crippen molar-refractivity contribution in [2.75, 3.05) is 0 Å². The number of fused-ring (bicyclic) bond motifs is 3. The molecule has 0 spiro atoms. The molecule has 3 nitrogen and oxygen atoms in total. The third-order valence-electron chi connectivity index (χ3n) is 5.07. The summed E-state index contributed by atoms with van der Waals surface area (Å²) in [5.74, 6) is 2.27. The van der Waals surface area contributed by atoms with Crippen LogP contribution in [0.3, 0.4) is 0 Å². The summed E-state index contributed by atoms with van der Waals surface area (Å²) >= 11 is 1.81. The Balaban J connectivity index is 1.52. The summed E-state index contributed by atoms with van der Waals surface area (Å²) in [7, 11) is 0. The average molecular weight is 372 g/mol. The van der Waals surface area contributed by atoms with Gasteiger partial charge in [-0.05, 0) is 61.4 Å². The van der Waals surface area contributed by atoms with Crippen molar-refractivity contribution < 1.29 is 4.74 Å². The van der Waals surface area contributed by atoms with E-state index in [1.54, 1.807) is 0 Å². The lowest BCUT2D eigenvalue weighted by atomic mass is 9.97. The van der Waals surface area contributed by atoms with E-state index in [1.807, 2.05) is 36.5 Å². The topological polar surface area (TPSA) is 35.0 Å². The molecular formula is C23H20N2OS. The van der Waals surface area contributed by atoms with Crippen LogP contribution in [0.5, 0.6) is 11.6 Å². The van der Waals surface area contributed by atoms with Crippen LogP contribution in [0, 0.1) is 6.92 Å². The smallest absolute Gasteiger partial charge is 0.231 e. The van der Waals surface area contributed by atoms with E-state index in [-0.39, 0.29) is 0 Å². The maximum absolute atomic E-state index is 6.24. The lowest BCUT2D eigenvalue weighted by Crippen LogP contribution is -2.00. The largest absolute Gasteiger partial charge is 0.438 e. The summed E-state index contributed by atoms with van der Waals surface area (Å²) < 4.78 is 6.24. The summed E-state index contributed by atoms with van der Waals surface area (Å²) in [4.78, 5) is 11.8. The zero-order chi connectivity index (χ0) is 18.2. The highest BCUT2D eigenvalue weighted by Crippen LogP contribution is 2.40. The van der Waals surface area contributed by atoms with E-state index in [0.717, 1.165) is 34.6 Å². The van der Waals surface area contributed by atoms with Crippen LogP contribution in [0.25, 0.3) is 21.3 Å². The second-order valence-electron chi connectivity index (χ2n) is 6.96. The number of aromatic nitrogens is 2. The summed E-state index contributed by atoms with van der Waals surface area (Å²) in [5.41, 5.74) is 3.79. The van der Waals surface area contributed by atoms with Gasteiger partial charge in [-0.15, -0.1) is 11.3 Å². The van der Waals surface area contributed by atoms with Gasteiger partial charge in [-0.25, -0.2) is 4.98 Å². The molecule has 0 atom stereocenters. The SMILES string of the molecule is Cc1nc(Oc2ccc(-c3ccccc3)cc2)c2c3c(sc2n1)CCCC3. The molecule has 0 aliphatic heterocycles. The second-order valence-corrected chi connectivity index (χ2v) is 8.04. The molecule has 2 aromatic carbocycles. The fraction of sp³-hybridized carbons (Fsp3) is 0.217. The van der Waals surface area contributed by atoms with Crippen LogP contribution in [-0.4, -0.2) is 9.97 Å². The van der Waals surface area contributed by atoms with Gasteiger partial charge in [0, 0.05) is 4.88 Å². The Hall–Kier alpha value is -2.72. The van der Waals surface area contributed by atoms with Gasteiger partial charge in [-0.2, -0.15) is 4.98 Å². The van der Waals surface area contributed by atoms with E-state index in [9.17, 15) is 0 Å². The third-order valence-corrected chi connectivity index (χ3v) is 6.25. The Labute approximate surface area is 162 Å². The van der Waals surface area contributed by atoms with E-state index in [1.165, 1.54) is 34.4 Å². The van der Waals surface area contributed by atoms with E-state index < -0.39 is 0 Å². The van der Waals surface area contributed by atoms with Gasteiger partial charge < -0.3 is 4.74 Å². The van der Waals surface area contributed by atoms with Gasteiger partial charge in [-0.3, -0.25) is 0 Å². The molecule has 0 unspecified atom stereocenters. The van der Waals surface area contributed by atoms with Crippen molar-refractivity contribution in [3.63, 3.8) is 0 Å². The molecule has 1 aliphatic rings. The maximum Gasteiger partial charge on any atom is 0.231 e. The zero-order valence-corrected chi connectivity index (χ0v) is 16.1. The van der Waals surface area contributed by atoms with Crippen LogP contribution in [0.2, 0.25) is 0 Å². The first kappa shape index (κ1) is 16.5. The van der Waals surface area contributed by atoms with Crippen LogP contribution in [0.15, 0.2) is 54.6 Å². The van der Waals surface area contributed by atoms with Gasteiger partial charge in [0.05, 0.1) is 5.39 Å². The van der Waals surface area contributed by atoms with Crippen molar-refractivity contribution >= 4 is 21.6 Å². The maximum atomic E-state index is 6.24. The highest BCUT2D eigenvalue weighted by Gasteiger charge is 2.21. The Kier molecular flexibility index (Phi) is 4.13. The van der Waals surface area contributed by atoms with Gasteiger partial charge in [-0.1, -0.05) is 42.5 Å². The third kappa shape index (κ3) is 3.10. The van der Waals surface area contributed by atoms with Gasteiger partial charge in [0.2, 0.25) is 5.88 Å². The average Bonchev–Trinajstić information content (AvgIpc) is 3.07.